The first-order chi connectivity index (χ1) is 7.19. The summed E-state index contributed by atoms with van der Waals surface area (Å²) in [6.45, 7) is 6.62. The summed E-state index contributed by atoms with van der Waals surface area (Å²) in [4.78, 5) is 25.4. The number of carbonyl (C=O) groups excluding carboxylic acids is 1. The van der Waals surface area contributed by atoms with Crippen molar-refractivity contribution in [3.05, 3.63) is 0 Å². The zero-order valence-corrected chi connectivity index (χ0v) is 10.3. The molecular formula is C12H19NO3. The van der Waals surface area contributed by atoms with E-state index in [1.165, 1.54) is 0 Å². The summed E-state index contributed by atoms with van der Waals surface area (Å²) < 4.78 is 0. The summed E-state index contributed by atoms with van der Waals surface area (Å²) in [7, 11) is 1.71. The molecule has 1 amide bonds. The third-order valence-corrected chi connectivity index (χ3v) is 5.29. The molecule has 2 aliphatic rings. The molecule has 2 unspecified atom stereocenters. The van der Waals surface area contributed by atoms with E-state index in [4.69, 9.17) is 0 Å². The van der Waals surface area contributed by atoms with Gasteiger partial charge in [0.15, 0.2) is 5.41 Å². The Labute approximate surface area is 95.6 Å². The second-order valence-corrected chi connectivity index (χ2v) is 6.06. The molecule has 2 bridgehead atoms. The minimum absolute atomic E-state index is 0.0892. The van der Waals surface area contributed by atoms with Crippen LogP contribution >= 0.6 is 0 Å². The Hall–Kier alpha value is -1.06. The maximum absolute atomic E-state index is 12.2. The topological polar surface area (TPSA) is 57.6 Å². The fourth-order valence-electron chi connectivity index (χ4n) is 3.64. The molecule has 0 aromatic heterocycles. The summed E-state index contributed by atoms with van der Waals surface area (Å²) in [5, 5.41) is 9.51. The lowest BCUT2D eigenvalue weighted by Crippen LogP contribution is -2.63. The lowest BCUT2D eigenvalue weighted by Gasteiger charge is -2.52. The van der Waals surface area contributed by atoms with E-state index in [0.29, 0.717) is 13.0 Å². The molecule has 4 nitrogen and oxygen atoms in total. The van der Waals surface area contributed by atoms with Crippen LogP contribution in [-0.4, -0.2) is 35.5 Å². The zero-order chi connectivity index (χ0) is 12.4. The van der Waals surface area contributed by atoms with Gasteiger partial charge in [-0.15, -0.1) is 0 Å². The molecule has 2 atom stereocenters. The van der Waals surface area contributed by atoms with E-state index in [0.717, 1.165) is 6.42 Å². The van der Waals surface area contributed by atoms with Crippen LogP contribution in [0.1, 0.15) is 33.6 Å². The van der Waals surface area contributed by atoms with Gasteiger partial charge >= 0.3 is 5.97 Å². The molecule has 1 N–H and O–H groups in total. The van der Waals surface area contributed by atoms with E-state index < -0.39 is 16.8 Å². The summed E-state index contributed by atoms with van der Waals surface area (Å²) in [6, 6.07) is 0. The van der Waals surface area contributed by atoms with Crippen LogP contribution in [0.3, 0.4) is 0 Å². The predicted molar refractivity (Wildman–Crippen MR) is 58.8 cm³/mol. The van der Waals surface area contributed by atoms with Crippen molar-refractivity contribution in [2.24, 2.45) is 16.2 Å². The Bertz CT molecular complexity index is 376. The standard InChI is InChI=1S/C12H19NO3/c1-10(2)11(3)5-6-12(10,9(15)16)8(14)13(4)7-11/h5-7H2,1-4H3,(H,15,16). The molecule has 1 heterocycles. The Kier molecular flexibility index (Phi) is 1.99. The molecule has 4 heteroatoms. The first-order valence-electron chi connectivity index (χ1n) is 5.68. The number of hydrogen-bond acceptors (Lipinski definition) is 2. The van der Waals surface area contributed by atoms with E-state index in [2.05, 4.69) is 6.92 Å². The number of carbonyl (C=O) groups is 2. The fourth-order valence-corrected chi connectivity index (χ4v) is 3.64. The van der Waals surface area contributed by atoms with Gasteiger partial charge in [-0.3, -0.25) is 9.59 Å². The normalized spacial score (nSPS) is 41.2. The molecule has 1 saturated heterocycles. The van der Waals surface area contributed by atoms with Crippen LogP contribution in [0.15, 0.2) is 0 Å². The monoisotopic (exact) mass is 225 g/mol. The summed E-state index contributed by atoms with van der Waals surface area (Å²) >= 11 is 0. The van der Waals surface area contributed by atoms with Gasteiger partial charge in [-0.2, -0.15) is 0 Å². The maximum atomic E-state index is 12.2. The number of nitrogens with zero attached hydrogens (tertiary/aromatic N) is 1. The van der Waals surface area contributed by atoms with Crippen molar-refractivity contribution >= 4 is 11.9 Å². The maximum Gasteiger partial charge on any atom is 0.319 e. The molecule has 0 aromatic rings. The highest BCUT2D eigenvalue weighted by molar-refractivity contribution is 6.04. The van der Waals surface area contributed by atoms with Crippen LogP contribution in [0.4, 0.5) is 0 Å². The second-order valence-electron chi connectivity index (χ2n) is 6.06. The van der Waals surface area contributed by atoms with Crippen LogP contribution in [-0.2, 0) is 9.59 Å². The van der Waals surface area contributed by atoms with Crippen molar-refractivity contribution in [1.82, 2.24) is 4.90 Å². The fraction of sp³-hybridized carbons (Fsp3) is 0.833. The number of fused-ring (bicyclic) bond motifs is 2. The third-order valence-electron chi connectivity index (χ3n) is 5.29. The van der Waals surface area contributed by atoms with Crippen molar-refractivity contribution in [3.8, 4) is 0 Å². The highest BCUT2D eigenvalue weighted by Crippen LogP contribution is 2.66. The Morgan fingerprint density at radius 1 is 1.31 bits per heavy atom. The number of aliphatic carboxylic acids is 1. The van der Waals surface area contributed by atoms with Crippen LogP contribution in [0.25, 0.3) is 0 Å². The van der Waals surface area contributed by atoms with Crippen molar-refractivity contribution < 1.29 is 14.7 Å². The van der Waals surface area contributed by atoms with Gasteiger partial charge in [0.1, 0.15) is 0 Å². The predicted octanol–water partition coefficient (Wildman–Crippen LogP) is 1.36. The summed E-state index contributed by atoms with van der Waals surface area (Å²) in [6.07, 6.45) is 1.28. The number of amides is 1. The SMILES string of the molecule is CN1CC2(C)CCC(C(=O)O)(C1=O)C2(C)C. The minimum atomic E-state index is -1.21. The third kappa shape index (κ3) is 0.913. The van der Waals surface area contributed by atoms with Gasteiger partial charge in [0, 0.05) is 13.6 Å². The minimum Gasteiger partial charge on any atom is -0.480 e. The molecule has 1 saturated carbocycles. The highest BCUT2D eigenvalue weighted by atomic mass is 16.4. The smallest absolute Gasteiger partial charge is 0.319 e. The number of likely N-dealkylation sites (tertiary alicyclic amines) is 1. The Morgan fingerprint density at radius 2 is 1.88 bits per heavy atom. The van der Waals surface area contributed by atoms with E-state index in [1.807, 2.05) is 13.8 Å². The molecule has 2 rings (SSSR count). The summed E-state index contributed by atoms with van der Waals surface area (Å²) in [5.41, 5.74) is -1.78. The molecule has 0 aromatic carbocycles. The van der Waals surface area contributed by atoms with E-state index in [1.54, 1.807) is 11.9 Å². The van der Waals surface area contributed by atoms with Gasteiger partial charge < -0.3 is 10.0 Å². The quantitative estimate of drug-likeness (QED) is 0.685. The molecule has 90 valence electrons. The van der Waals surface area contributed by atoms with Gasteiger partial charge in [-0.25, -0.2) is 0 Å². The van der Waals surface area contributed by atoms with E-state index in [9.17, 15) is 14.7 Å². The first kappa shape index (κ1) is 11.4. The Balaban J connectivity index is 2.64. The molecule has 0 spiro atoms. The van der Waals surface area contributed by atoms with Gasteiger partial charge in [0.05, 0.1) is 0 Å². The molecule has 1 aliphatic carbocycles. The number of carboxylic acid groups (broad SMARTS) is 1. The largest absolute Gasteiger partial charge is 0.480 e. The van der Waals surface area contributed by atoms with Gasteiger partial charge in [0.2, 0.25) is 5.91 Å². The number of carboxylic acids is 1. The lowest BCUT2D eigenvalue weighted by atomic mass is 9.56. The number of piperidine rings is 1. The first-order valence-corrected chi connectivity index (χ1v) is 5.68. The van der Waals surface area contributed by atoms with Crippen LogP contribution in [0.5, 0.6) is 0 Å². The van der Waals surface area contributed by atoms with E-state index in [-0.39, 0.29) is 11.3 Å². The van der Waals surface area contributed by atoms with Crippen molar-refractivity contribution in [2.45, 2.75) is 33.6 Å². The second kappa shape index (κ2) is 2.79. The number of hydrogen-bond donors (Lipinski definition) is 1. The van der Waals surface area contributed by atoms with Crippen LogP contribution in [0.2, 0.25) is 0 Å². The Morgan fingerprint density at radius 3 is 2.38 bits per heavy atom. The molecule has 0 radical (unpaired) electrons. The van der Waals surface area contributed by atoms with Gasteiger partial charge in [0.25, 0.3) is 0 Å². The van der Waals surface area contributed by atoms with E-state index >= 15 is 0 Å². The number of rotatable bonds is 1. The molecular weight excluding hydrogens is 206 g/mol. The molecule has 16 heavy (non-hydrogen) atoms. The summed E-state index contributed by atoms with van der Waals surface area (Å²) in [5.74, 6) is -1.18. The average Bonchev–Trinajstić information content (AvgIpc) is 2.26. The molecule has 2 fully saturated rings. The van der Waals surface area contributed by atoms with Crippen molar-refractivity contribution in [3.63, 3.8) is 0 Å². The molecule has 1 aliphatic heterocycles. The van der Waals surface area contributed by atoms with Crippen LogP contribution in [0, 0.1) is 16.2 Å². The highest BCUT2D eigenvalue weighted by Gasteiger charge is 2.71. The zero-order valence-electron chi connectivity index (χ0n) is 10.3. The van der Waals surface area contributed by atoms with Gasteiger partial charge in [-0.05, 0) is 23.7 Å². The van der Waals surface area contributed by atoms with Crippen LogP contribution < -0.4 is 0 Å². The average molecular weight is 225 g/mol. The van der Waals surface area contributed by atoms with Crippen molar-refractivity contribution in [2.75, 3.05) is 13.6 Å². The lowest BCUT2D eigenvalue weighted by molar-refractivity contribution is -0.179. The van der Waals surface area contributed by atoms with Gasteiger partial charge in [-0.1, -0.05) is 20.8 Å². The van der Waals surface area contributed by atoms with Crippen molar-refractivity contribution in [1.29, 1.82) is 0 Å².